The molecule has 22 heavy (non-hydrogen) atoms. The topological polar surface area (TPSA) is 49.6 Å². The Morgan fingerprint density at radius 1 is 1.09 bits per heavy atom. The number of rotatable bonds is 2. The lowest BCUT2D eigenvalue weighted by Crippen LogP contribution is -2.48. The van der Waals surface area contributed by atoms with Gasteiger partial charge in [0.15, 0.2) is 5.82 Å². The second-order valence-electron chi connectivity index (χ2n) is 6.06. The summed E-state index contributed by atoms with van der Waals surface area (Å²) in [5.41, 5.74) is 0.882. The highest BCUT2D eigenvalue weighted by atomic mass is 32.2. The molecule has 0 bridgehead atoms. The van der Waals surface area contributed by atoms with Crippen molar-refractivity contribution in [1.82, 2.24) is 24.5 Å². The Kier molecular flexibility index (Phi) is 3.92. The third kappa shape index (κ3) is 2.56. The summed E-state index contributed by atoms with van der Waals surface area (Å²) in [6, 6.07) is 0.747. The van der Waals surface area contributed by atoms with Crippen molar-refractivity contribution in [2.75, 3.05) is 42.6 Å². The minimum absolute atomic E-state index is 0.747. The number of fused-ring (bicyclic) bond motifs is 1. The molecule has 0 saturated carbocycles. The molecule has 4 rings (SSSR count). The van der Waals surface area contributed by atoms with Gasteiger partial charge in [0.05, 0.1) is 0 Å². The van der Waals surface area contributed by atoms with Crippen LogP contribution in [0.3, 0.4) is 0 Å². The summed E-state index contributed by atoms with van der Waals surface area (Å²) in [5, 5.41) is 8.47. The minimum atomic E-state index is 0.747. The van der Waals surface area contributed by atoms with Gasteiger partial charge in [0, 0.05) is 56.1 Å². The van der Waals surface area contributed by atoms with E-state index >= 15 is 0 Å². The van der Waals surface area contributed by atoms with Crippen molar-refractivity contribution in [3.05, 3.63) is 18.2 Å². The van der Waals surface area contributed by atoms with E-state index in [1.165, 1.54) is 37.4 Å². The second-order valence-corrected chi connectivity index (χ2v) is 7.28. The van der Waals surface area contributed by atoms with Crippen LogP contribution < -0.4 is 4.90 Å². The Balaban J connectivity index is 1.48. The molecule has 2 aliphatic heterocycles. The third-order valence-electron chi connectivity index (χ3n) is 4.80. The largest absolute Gasteiger partial charge is 0.353 e. The summed E-state index contributed by atoms with van der Waals surface area (Å²) in [7, 11) is 0. The quantitative estimate of drug-likeness (QED) is 0.835. The van der Waals surface area contributed by atoms with Gasteiger partial charge in [0.25, 0.3) is 0 Å². The first-order chi connectivity index (χ1) is 10.8. The van der Waals surface area contributed by atoms with E-state index in [2.05, 4.69) is 36.7 Å². The fourth-order valence-electron chi connectivity index (χ4n) is 3.54. The molecule has 0 unspecified atom stereocenters. The third-order valence-corrected chi connectivity index (χ3v) is 5.75. The number of nitrogens with zero attached hydrogens (tertiary/aromatic N) is 6. The predicted molar refractivity (Wildman–Crippen MR) is 89.7 cm³/mol. The number of piperidine rings is 1. The van der Waals surface area contributed by atoms with Crippen molar-refractivity contribution in [1.29, 1.82) is 0 Å². The summed E-state index contributed by atoms with van der Waals surface area (Å²) in [6.45, 7) is 6.61. The molecule has 0 spiro atoms. The standard InChI is InChI=1S/C15H22N6S/c1-12-17-18-15-14(16-4-7-21(12)15)20-5-2-13(3-6-20)19-8-10-22-11-9-19/h4,7,13H,2-3,5-6,8-11H2,1H3. The zero-order valence-corrected chi connectivity index (χ0v) is 13.8. The van der Waals surface area contributed by atoms with Crippen LogP contribution in [0.1, 0.15) is 18.7 Å². The van der Waals surface area contributed by atoms with Crippen LogP contribution in [-0.4, -0.2) is 68.2 Å². The van der Waals surface area contributed by atoms with Crippen molar-refractivity contribution in [2.24, 2.45) is 0 Å². The highest BCUT2D eigenvalue weighted by Crippen LogP contribution is 2.25. The maximum absolute atomic E-state index is 4.57. The summed E-state index contributed by atoms with van der Waals surface area (Å²) < 4.78 is 2.02. The van der Waals surface area contributed by atoms with Crippen molar-refractivity contribution < 1.29 is 0 Å². The van der Waals surface area contributed by atoms with E-state index in [0.29, 0.717) is 0 Å². The lowest BCUT2D eigenvalue weighted by molar-refractivity contribution is 0.185. The van der Waals surface area contributed by atoms with E-state index in [9.17, 15) is 0 Å². The van der Waals surface area contributed by atoms with Gasteiger partial charge >= 0.3 is 0 Å². The van der Waals surface area contributed by atoms with Gasteiger partial charge in [0.1, 0.15) is 5.82 Å². The fourth-order valence-corrected chi connectivity index (χ4v) is 4.47. The van der Waals surface area contributed by atoms with E-state index < -0.39 is 0 Å². The average molecular weight is 318 g/mol. The van der Waals surface area contributed by atoms with Crippen LogP contribution in [0.25, 0.3) is 5.65 Å². The molecule has 6 nitrogen and oxygen atoms in total. The SMILES string of the molecule is Cc1nnc2c(N3CCC(N4CCSCC4)CC3)nccn12. The lowest BCUT2D eigenvalue weighted by Gasteiger charge is -2.40. The molecule has 0 radical (unpaired) electrons. The van der Waals surface area contributed by atoms with Crippen molar-refractivity contribution in [3.63, 3.8) is 0 Å². The van der Waals surface area contributed by atoms with E-state index in [4.69, 9.17) is 0 Å². The highest BCUT2D eigenvalue weighted by molar-refractivity contribution is 7.99. The number of thioether (sulfide) groups is 1. The normalized spacial score (nSPS) is 21.6. The fraction of sp³-hybridized carbons (Fsp3) is 0.667. The van der Waals surface area contributed by atoms with E-state index in [-0.39, 0.29) is 0 Å². The molecule has 0 amide bonds. The molecule has 0 aromatic carbocycles. The maximum Gasteiger partial charge on any atom is 0.203 e. The van der Waals surface area contributed by atoms with Crippen LogP contribution in [0.4, 0.5) is 5.82 Å². The first-order valence-corrected chi connectivity index (χ1v) is 9.21. The van der Waals surface area contributed by atoms with Crippen LogP contribution >= 0.6 is 11.8 Å². The lowest BCUT2D eigenvalue weighted by atomic mass is 10.0. The molecule has 7 heteroatoms. The summed E-state index contributed by atoms with van der Waals surface area (Å²) in [4.78, 5) is 9.62. The molecule has 0 N–H and O–H groups in total. The molecule has 2 aromatic heterocycles. The monoisotopic (exact) mass is 318 g/mol. The minimum Gasteiger partial charge on any atom is -0.353 e. The molecule has 2 fully saturated rings. The van der Waals surface area contributed by atoms with E-state index in [1.54, 1.807) is 0 Å². The van der Waals surface area contributed by atoms with Crippen LogP contribution in [0, 0.1) is 6.92 Å². The number of hydrogen-bond donors (Lipinski definition) is 0. The number of aromatic nitrogens is 4. The van der Waals surface area contributed by atoms with E-state index in [0.717, 1.165) is 36.4 Å². The average Bonchev–Trinajstić information content (AvgIpc) is 2.97. The first kappa shape index (κ1) is 14.3. The van der Waals surface area contributed by atoms with Crippen molar-refractivity contribution in [2.45, 2.75) is 25.8 Å². The van der Waals surface area contributed by atoms with Gasteiger partial charge in [-0.25, -0.2) is 4.98 Å². The van der Waals surface area contributed by atoms with Crippen LogP contribution in [0.15, 0.2) is 12.4 Å². The molecule has 4 heterocycles. The first-order valence-electron chi connectivity index (χ1n) is 8.06. The molecular weight excluding hydrogens is 296 g/mol. The van der Waals surface area contributed by atoms with Gasteiger partial charge in [-0.3, -0.25) is 9.30 Å². The highest BCUT2D eigenvalue weighted by Gasteiger charge is 2.27. The maximum atomic E-state index is 4.57. The zero-order valence-electron chi connectivity index (χ0n) is 13.0. The zero-order chi connectivity index (χ0) is 14.9. The Morgan fingerprint density at radius 2 is 1.86 bits per heavy atom. The Morgan fingerprint density at radius 3 is 2.64 bits per heavy atom. The smallest absolute Gasteiger partial charge is 0.203 e. The van der Waals surface area contributed by atoms with E-state index in [1.807, 2.05) is 23.7 Å². The Hall–Kier alpha value is -1.34. The van der Waals surface area contributed by atoms with Gasteiger partial charge in [-0.05, 0) is 19.8 Å². The molecule has 0 aliphatic carbocycles. The summed E-state index contributed by atoms with van der Waals surface area (Å²) in [5.74, 6) is 4.48. The molecule has 2 aliphatic rings. The van der Waals surface area contributed by atoms with Gasteiger partial charge in [-0.2, -0.15) is 11.8 Å². The van der Waals surface area contributed by atoms with Crippen LogP contribution in [0.2, 0.25) is 0 Å². The van der Waals surface area contributed by atoms with Crippen molar-refractivity contribution in [3.8, 4) is 0 Å². The van der Waals surface area contributed by atoms with Crippen LogP contribution in [-0.2, 0) is 0 Å². The van der Waals surface area contributed by atoms with Gasteiger partial charge in [0.2, 0.25) is 5.65 Å². The Bertz CT molecular complexity index is 643. The number of anilines is 1. The number of hydrogen-bond acceptors (Lipinski definition) is 6. The second kappa shape index (κ2) is 6.04. The van der Waals surface area contributed by atoms with Crippen LogP contribution in [0.5, 0.6) is 0 Å². The Labute approximate surface area is 134 Å². The molecule has 2 saturated heterocycles. The molecule has 0 atom stereocenters. The van der Waals surface area contributed by atoms with Crippen molar-refractivity contribution >= 4 is 23.2 Å². The summed E-state index contributed by atoms with van der Waals surface area (Å²) in [6.07, 6.45) is 6.24. The van der Waals surface area contributed by atoms with Gasteiger partial charge in [-0.15, -0.1) is 10.2 Å². The van der Waals surface area contributed by atoms with Gasteiger partial charge in [-0.1, -0.05) is 0 Å². The predicted octanol–water partition coefficient (Wildman–Crippen LogP) is 1.45. The summed E-state index contributed by atoms with van der Waals surface area (Å²) >= 11 is 2.08. The molecule has 2 aromatic rings. The number of aryl methyl sites for hydroxylation is 1. The molecule has 118 valence electrons. The molecular formula is C15H22N6S. The van der Waals surface area contributed by atoms with Gasteiger partial charge < -0.3 is 4.90 Å².